The number of benzene rings is 1. The average molecular weight is 408 g/mol. The number of alkyl halides is 1. The predicted molar refractivity (Wildman–Crippen MR) is 113 cm³/mol. The van der Waals surface area contributed by atoms with E-state index < -0.39 is 6.67 Å². The second-order valence-corrected chi connectivity index (χ2v) is 8.14. The molecule has 30 heavy (non-hydrogen) atoms. The largest absolute Gasteiger partial charge is 0.507 e. The molecule has 4 heterocycles. The molecule has 0 amide bonds. The van der Waals surface area contributed by atoms with E-state index >= 15 is 0 Å². The molecule has 0 radical (unpaired) electrons. The summed E-state index contributed by atoms with van der Waals surface area (Å²) in [5, 5.41) is 29.6. The quantitative estimate of drug-likeness (QED) is 0.580. The number of phenolic OH excluding ortho intramolecular Hbond substituents is 1. The van der Waals surface area contributed by atoms with Gasteiger partial charge in [-0.3, -0.25) is 5.10 Å². The number of fused-ring (bicyclic) bond motifs is 2. The molecule has 8 heteroatoms. The van der Waals surface area contributed by atoms with Crippen LogP contribution in [0, 0.1) is 0 Å². The Hall–Kier alpha value is -3.00. The van der Waals surface area contributed by atoms with Gasteiger partial charge >= 0.3 is 0 Å². The van der Waals surface area contributed by atoms with Crippen molar-refractivity contribution in [3.05, 3.63) is 42.7 Å². The fourth-order valence-corrected chi connectivity index (χ4v) is 4.82. The molecule has 2 aromatic heterocycles. The summed E-state index contributed by atoms with van der Waals surface area (Å²) in [6.45, 7) is -0.0955. The van der Waals surface area contributed by atoms with Crippen molar-refractivity contribution in [3.63, 3.8) is 0 Å². The van der Waals surface area contributed by atoms with E-state index in [9.17, 15) is 9.50 Å². The first kappa shape index (κ1) is 19.0. The van der Waals surface area contributed by atoms with Crippen molar-refractivity contribution in [2.75, 3.05) is 18.1 Å². The zero-order chi connectivity index (χ0) is 20.5. The summed E-state index contributed by atoms with van der Waals surface area (Å²) in [4.78, 5) is 2.06. The molecule has 2 fully saturated rings. The minimum absolute atomic E-state index is 0.131. The number of hydrogen-bond acceptors (Lipinski definition) is 6. The van der Waals surface area contributed by atoms with Gasteiger partial charge in [-0.05, 0) is 55.5 Å². The van der Waals surface area contributed by atoms with Crippen molar-refractivity contribution >= 4 is 5.82 Å². The minimum Gasteiger partial charge on any atom is -0.507 e. The van der Waals surface area contributed by atoms with Gasteiger partial charge in [0.15, 0.2) is 5.82 Å². The van der Waals surface area contributed by atoms with Gasteiger partial charge in [-0.15, -0.1) is 10.2 Å². The van der Waals surface area contributed by atoms with E-state index in [1.165, 1.54) is 12.8 Å². The summed E-state index contributed by atoms with van der Waals surface area (Å²) in [6.07, 6.45) is 7.89. The minimum atomic E-state index is -0.418. The van der Waals surface area contributed by atoms with Gasteiger partial charge in [-0.25, -0.2) is 4.39 Å². The molecule has 3 aromatic rings. The van der Waals surface area contributed by atoms with E-state index in [1.54, 1.807) is 18.5 Å². The molecule has 1 aromatic carbocycles. The lowest BCUT2D eigenvalue weighted by atomic mass is 9.98. The number of H-pyrrole nitrogens is 1. The van der Waals surface area contributed by atoms with Crippen molar-refractivity contribution < 1.29 is 9.50 Å². The van der Waals surface area contributed by atoms with Crippen LogP contribution in [0.15, 0.2) is 42.7 Å². The monoisotopic (exact) mass is 408 g/mol. The van der Waals surface area contributed by atoms with Gasteiger partial charge in [0.25, 0.3) is 0 Å². The molecular formula is C22H25FN6O. The van der Waals surface area contributed by atoms with Crippen LogP contribution in [0.2, 0.25) is 0 Å². The summed E-state index contributed by atoms with van der Waals surface area (Å²) in [5.74, 6) is 0.823. The third-order valence-electron chi connectivity index (χ3n) is 6.26. The Kier molecular flexibility index (Phi) is 5.08. The first-order valence-corrected chi connectivity index (χ1v) is 10.5. The van der Waals surface area contributed by atoms with Gasteiger partial charge in [0.05, 0.1) is 11.9 Å². The maximum Gasteiger partial charge on any atom is 0.151 e. The Morgan fingerprint density at radius 1 is 1.07 bits per heavy atom. The number of nitrogens with one attached hydrogen (secondary N) is 2. The molecule has 2 unspecified atom stereocenters. The number of piperidine rings is 1. The third-order valence-corrected chi connectivity index (χ3v) is 6.26. The molecule has 2 saturated heterocycles. The van der Waals surface area contributed by atoms with E-state index in [2.05, 4.69) is 30.6 Å². The van der Waals surface area contributed by atoms with Crippen LogP contribution in [0.1, 0.15) is 25.7 Å². The number of anilines is 1. The first-order chi connectivity index (χ1) is 14.7. The van der Waals surface area contributed by atoms with Crippen molar-refractivity contribution in [2.24, 2.45) is 0 Å². The summed E-state index contributed by atoms with van der Waals surface area (Å²) in [5.41, 5.74) is 2.96. The predicted octanol–water partition coefficient (Wildman–Crippen LogP) is 3.30. The molecule has 2 bridgehead atoms. The number of aromatic nitrogens is 4. The van der Waals surface area contributed by atoms with Crippen LogP contribution in [0.5, 0.6) is 5.75 Å². The number of hydrogen-bond donors (Lipinski definition) is 3. The van der Waals surface area contributed by atoms with Gasteiger partial charge in [-0.2, -0.15) is 5.10 Å². The van der Waals surface area contributed by atoms with Crippen molar-refractivity contribution in [2.45, 2.75) is 43.8 Å². The van der Waals surface area contributed by atoms with Crippen LogP contribution >= 0.6 is 0 Å². The average Bonchev–Trinajstić information content (AvgIpc) is 3.42. The van der Waals surface area contributed by atoms with E-state index in [0.717, 1.165) is 24.0 Å². The number of nitrogens with zero attached hydrogens (tertiary/aromatic N) is 4. The number of rotatable bonds is 6. The second kappa shape index (κ2) is 8.02. The lowest BCUT2D eigenvalue weighted by Gasteiger charge is -2.37. The van der Waals surface area contributed by atoms with Gasteiger partial charge in [-0.1, -0.05) is 6.07 Å². The Morgan fingerprint density at radius 3 is 2.53 bits per heavy atom. The summed E-state index contributed by atoms with van der Waals surface area (Å²) < 4.78 is 13.3. The van der Waals surface area contributed by atoms with Crippen LogP contribution in [-0.4, -0.2) is 56.8 Å². The lowest BCUT2D eigenvalue weighted by molar-refractivity contribution is 0.337. The number of halogens is 1. The standard InChI is InChI=1S/C22H25FN6O/c23-7-8-29(18-10-16-2-3-17(11-18)26-16)22-6-5-20(27-28-22)19-4-1-14(9-21(19)30)15-12-24-25-13-15/h1,4-6,9,12-13,16-18,26,30H,2-3,7-8,10-11H2,(H,24,25). The smallest absolute Gasteiger partial charge is 0.151 e. The Labute approximate surface area is 174 Å². The first-order valence-electron chi connectivity index (χ1n) is 10.5. The molecule has 2 aliphatic heterocycles. The zero-order valence-corrected chi connectivity index (χ0v) is 16.6. The van der Waals surface area contributed by atoms with Crippen LogP contribution < -0.4 is 10.2 Å². The summed E-state index contributed by atoms with van der Waals surface area (Å²) in [6, 6.07) is 10.5. The normalized spacial score (nSPS) is 22.9. The van der Waals surface area contributed by atoms with E-state index in [1.807, 2.05) is 24.3 Å². The number of phenols is 1. The van der Waals surface area contributed by atoms with E-state index in [-0.39, 0.29) is 11.8 Å². The molecule has 5 rings (SSSR count). The molecule has 0 saturated carbocycles. The lowest BCUT2D eigenvalue weighted by Crippen LogP contribution is -2.49. The van der Waals surface area contributed by atoms with Crippen LogP contribution in [0.3, 0.4) is 0 Å². The van der Waals surface area contributed by atoms with Crippen molar-refractivity contribution in [1.82, 2.24) is 25.7 Å². The van der Waals surface area contributed by atoms with Crippen molar-refractivity contribution in [1.29, 1.82) is 0 Å². The van der Waals surface area contributed by atoms with Crippen LogP contribution in [0.25, 0.3) is 22.4 Å². The van der Waals surface area contributed by atoms with Gasteiger partial charge in [0, 0.05) is 42.0 Å². The van der Waals surface area contributed by atoms with Crippen LogP contribution in [0.4, 0.5) is 10.2 Å². The van der Waals surface area contributed by atoms with Crippen LogP contribution in [-0.2, 0) is 0 Å². The maximum absolute atomic E-state index is 13.3. The summed E-state index contributed by atoms with van der Waals surface area (Å²) >= 11 is 0. The zero-order valence-electron chi connectivity index (χ0n) is 16.6. The third kappa shape index (κ3) is 3.63. The fourth-order valence-electron chi connectivity index (χ4n) is 4.82. The molecular weight excluding hydrogens is 383 g/mol. The Bertz CT molecular complexity index is 981. The second-order valence-electron chi connectivity index (χ2n) is 8.14. The van der Waals surface area contributed by atoms with Gasteiger partial charge in [0.2, 0.25) is 0 Å². The van der Waals surface area contributed by atoms with Crippen molar-refractivity contribution in [3.8, 4) is 28.1 Å². The molecule has 156 valence electrons. The van der Waals surface area contributed by atoms with E-state index in [4.69, 9.17) is 0 Å². The summed E-state index contributed by atoms with van der Waals surface area (Å²) in [7, 11) is 0. The molecule has 2 atom stereocenters. The SMILES string of the molecule is Oc1cc(-c2cn[nH]c2)ccc1-c1ccc(N(CCF)C2CC3CCC(C2)N3)nn1. The molecule has 0 aliphatic carbocycles. The molecule has 0 spiro atoms. The fraction of sp³-hybridized carbons (Fsp3) is 0.409. The van der Waals surface area contributed by atoms with E-state index in [0.29, 0.717) is 35.7 Å². The highest BCUT2D eigenvalue weighted by molar-refractivity contribution is 5.73. The van der Waals surface area contributed by atoms with Gasteiger partial charge in [0.1, 0.15) is 12.4 Å². The molecule has 3 N–H and O–H groups in total. The molecule has 2 aliphatic rings. The highest BCUT2D eigenvalue weighted by Gasteiger charge is 2.36. The number of aromatic amines is 1. The topological polar surface area (TPSA) is 90.0 Å². The van der Waals surface area contributed by atoms with Gasteiger partial charge < -0.3 is 15.3 Å². The highest BCUT2D eigenvalue weighted by atomic mass is 19.1. The highest BCUT2D eigenvalue weighted by Crippen LogP contribution is 2.34. The molecule has 7 nitrogen and oxygen atoms in total. The Balaban J connectivity index is 1.38. The Morgan fingerprint density at radius 2 is 1.90 bits per heavy atom. The number of aromatic hydroxyl groups is 1. The maximum atomic E-state index is 13.3.